The number of amides is 2. The topological polar surface area (TPSA) is 96.0 Å². The van der Waals surface area contributed by atoms with Crippen molar-refractivity contribution in [1.82, 2.24) is 10.2 Å². The number of benzene rings is 4. The molecule has 2 amide bonds. The average Bonchev–Trinajstić information content (AvgIpc) is 3.03. The van der Waals surface area contributed by atoms with E-state index >= 15 is 0 Å². The van der Waals surface area contributed by atoms with Gasteiger partial charge in [-0.05, 0) is 61.4 Å². The summed E-state index contributed by atoms with van der Waals surface area (Å²) in [6.07, 6.45) is 1.82. The second-order valence-corrected chi connectivity index (χ2v) is 12.7. The molecule has 0 saturated carbocycles. The van der Waals surface area contributed by atoms with Crippen molar-refractivity contribution in [2.75, 3.05) is 17.1 Å². The first kappa shape index (κ1) is 33.2. The highest BCUT2D eigenvalue weighted by molar-refractivity contribution is 7.92. The molecule has 0 bridgehead atoms. The summed E-state index contributed by atoms with van der Waals surface area (Å²) in [5, 5.41) is 2.95. The van der Waals surface area contributed by atoms with Crippen LogP contribution in [0.5, 0.6) is 11.5 Å². The van der Waals surface area contributed by atoms with Crippen LogP contribution < -0.4 is 14.4 Å². The second-order valence-electron chi connectivity index (χ2n) is 10.8. The molecule has 0 aliphatic rings. The number of sulfonamides is 1. The molecule has 10 heteroatoms. The quantitative estimate of drug-likeness (QED) is 0.186. The lowest BCUT2D eigenvalue weighted by Gasteiger charge is -2.34. The molecule has 0 unspecified atom stereocenters. The van der Waals surface area contributed by atoms with E-state index in [9.17, 15) is 22.4 Å². The fourth-order valence-corrected chi connectivity index (χ4v) is 5.57. The number of anilines is 1. The minimum atomic E-state index is -3.96. The molecule has 4 aromatic carbocycles. The second kappa shape index (κ2) is 15.3. The molecule has 0 heterocycles. The van der Waals surface area contributed by atoms with E-state index in [4.69, 9.17) is 4.74 Å². The lowest BCUT2D eigenvalue weighted by Crippen LogP contribution is -2.54. The van der Waals surface area contributed by atoms with Crippen molar-refractivity contribution >= 4 is 27.5 Å². The average molecular weight is 632 g/mol. The van der Waals surface area contributed by atoms with Crippen LogP contribution in [0.25, 0.3) is 0 Å². The van der Waals surface area contributed by atoms with E-state index in [2.05, 4.69) is 5.32 Å². The molecule has 4 rings (SSSR count). The fourth-order valence-electron chi connectivity index (χ4n) is 4.72. The molecule has 2 atom stereocenters. The SMILES string of the molecule is CC[C@@H](C)NC(=O)[C@H](Cc1ccccc1)N(Cc1ccccc1F)C(=O)CN(c1ccc(Oc2ccccc2)cc1)S(C)(=O)=O. The van der Waals surface area contributed by atoms with Crippen LogP contribution in [0, 0.1) is 5.82 Å². The van der Waals surface area contributed by atoms with E-state index in [1.54, 1.807) is 54.6 Å². The van der Waals surface area contributed by atoms with E-state index in [-0.39, 0.29) is 30.3 Å². The Bertz CT molecular complexity index is 1670. The number of carbonyl (C=O) groups excluding carboxylic acids is 2. The van der Waals surface area contributed by atoms with Gasteiger partial charge in [0.2, 0.25) is 21.8 Å². The van der Waals surface area contributed by atoms with Crippen LogP contribution in [0.3, 0.4) is 0 Å². The molecule has 0 aliphatic heterocycles. The molecular formula is C35H38FN3O5S. The van der Waals surface area contributed by atoms with Crippen LogP contribution in [0.4, 0.5) is 10.1 Å². The predicted octanol–water partition coefficient (Wildman–Crippen LogP) is 5.94. The summed E-state index contributed by atoms with van der Waals surface area (Å²) in [5.41, 5.74) is 1.23. The van der Waals surface area contributed by atoms with Crippen molar-refractivity contribution in [3.63, 3.8) is 0 Å². The number of carbonyl (C=O) groups is 2. The lowest BCUT2D eigenvalue weighted by molar-refractivity contribution is -0.140. The van der Waals surface area contributed by atoms with Gasteiger partial charge >= 0.3 is 0 Å². The summed E-state index contributed by atoms with van der Waals surface area (Å²) >= 11 is 0. The van der Waals surface area contributed by atoms with Crippen molar-refractivity contribution in [1.29, 1.82) is 0 Å². The molecule has 0 aliphatic carbocycles. The third-order valence-corrected chi connectivity index (χ3v) is 8.49. The van der Waals surface area contributed by atoms with Crippen molar-refractivity contribution in [3.05, 3.63) is 126 Å². The number of nitrogens with zero attached hydrogens (tertiary/aromatic N) is 2. The number of hydrogen-bond acceptors (Lipinski definition) is 5. The minimum absolute atomic E-state index is 0.147. The Labute approximate surface area is 264 Å². The summed E-state index contributed by atoms with van der Waals surface area (Å²) in [6, 6.07) is 29.4. The maximum Gasteiger partial charge on any atom is 0.244 e. The zero-order valence-corrected chi connectivity index (χ0v) is 26.4. The van der Waals surface area contributed by atoms with Gasteiger partial charge in [0.1, 0.15) is 29.9 Å². The molecule has 1 N–H and O–H groups in total. The number of nitrogens with one attached hydrogen (secondary N) is 1. The Morgan fingerprint density at radius 2 is 1.42 bits per heavy atom. The van der Waals surface area contributed by atoms with E-state index < -0.39 is 40.2 Å². The van der Waals surface area contributed by atoms with Gasteiger partial charge in [0.15, 0.2) is 0 Å². The van der Waals surface area contributed by atoms with Crippen molar-refractivity contribution in [2.24, 2.45) is 0 Å². The van der Waals surface area contributed by atoms with Gasteiger partial charge in [-0.15, -0.1) is 0 Å². The van der Waals surface area contributed by atoms with Gasteiger partial charge in [-0.2, -0.15) is 0 Å². The number of ether oxygens (including phenoxy) is 1. The van der Waals surface area contributed by atoms with Crippen molar-refractivity contribution in [3.8, 4) is 11.5 Å². The smallest absolute Gasteiger partial charge is 0.244 e. The van der Waals surface area contributed by atoms with E-state index in [0.29, 0.717) is 17.9 Å². The molecule has 8 nitrogen and oxygen atoms in total. The minimum Gasteiger partial charge on any atom is -0.457 e. The molecule has 0 fully saturated rings. The number of para-hydroxylation sites is 1. The molecule has 236 valence electrons. The number of hydrogen-bond donors (Lipinski definition) is 1. The fraction of sp³-hybridized carbons (Fsp3) is 0.257. The van der Waals surface area contributed by atoms with Gasteiger partial charge < -0.3 is 15.0 Å². The first-order chi connectivity index (χ1) is 21.5. The summed E-state index contributed by atoms with van der Waals surface area (Å²) < 4.78 is 47.8. The van der Waals surface area contributed by atoms with Gasteiger partial charge in [-0.3, -0.25) is 13.9 Å². The molecule has 0 aromatic heterocycles. The van der Waals surface area contributed by atoms with Crippen LogP contribution in [0.1, 0.15) is 31.4 Å². The maximum absolute atomic E-state index is 14.9. The normalized spacial score (nSPS) is 12.5. The highest BCUT2D eigenvalue weighted by atomic mass is 32.2. The monoisotopic (exact) mass is 631 g/mol. The van der Waals surface area contributed by atoms with Crippen LogP contribution in [-0.2, 0) is 32.6 Å². The Morgan fingerprint density at radius 1 is 0.844 bits per heavy atom. The number of rotatable bonds is 14. The van der Waals surface area contributed by atoms with Gasteiger partial charge in [-0.1, -0.05) is 73.7 Å². The molecule has 0 radical (unpaired) electrons. The van der Waals surface area contributed by atoms with E-state index in [1.807, 2.05) is 62.4 Å². The highest BCUT2D eigenvalue weighted by Crippen LogP contribution is 2.26. The van der Waals surface area contributed by atoms with Gasteiger partial charge in [-0.25, -0.2) is 12.8 Å². The van der Waals surface area contributed by atoms with Gasteiger partial charge in [0.25, 0.3) is 0 Å². The van der Waals surface area contributed by atoms with Crippen LogP contribution >= 0.6 is 0 Å². The zero-order chi connectivity index (χ0) is 32.4. The maximum atomic E-state index is 14.9. The van der Waals surface area contributed by atoms with E-state index in [0.717, 1.165) is 16.1 Å². The zero-order valence-electron chi connectivity index (χ0n) is 25.6. The Balaban J connectivity index is 1.69. The summed E-state index contributed by atoms with van der Waals surface area (Å²) in [7, 11) is -3.96. The van der Waals surface area contributed by atoms with Crippen LogP contribution in [0.2, 0.25) is 0 Å². The van der Waals surface area contributed by atoms with E-state index in [1.165, 1.54) is 11.0 Å². The van der Waals surface area contributed by atoms with Crippen LogP contribution in [-0.4, -0.2) is 50.0 Å². The Hall–Kier alpha value is -4.70. The predicted molar refractivity (Wildman–Crippen MR) is 174 cm³/mol. The Morgan fingerprint density at radius 3 is 2.02 bits per heavy atom. The largest absolute Gasteiger partial charge is 0.457 e. The lowest BCUT2D eigenvalue weighted by atomic mass is 10.0. The van der Waals surface area contributed by atoms with Gasteiger partial charge in [0.05, 0.1) is 11.9 Å². The third kappa shape index (κ3) is 9.39. The molecule has 45 heavy (non-hydrogen) atoms. The summed E-state index contributed by atoms with van der Waals surface area (Å²) in [4.78, 5) is 29.2. The highest BCUT2D eigenvalue weighted by Gasteiger charge is 2.33. The molecular weight excluding hydrogens is 593 g/mol. The number of halogens is 1. The van der Waals surface area contributed by atoms with Crippen LogP contribution in [0.15, 0.2) is 109 Å². The molecule has 4 aromatic rings. The summed E-state index contributed by atoms with van der Waals surface area (Å²) in [6.45, 7) is 2.95. The molecule has 0 spiro atoms. The Kier molecular flexibility index (Phi) is 11.3. The summed E-state index contributed by atoms with van der Waals surface area (Å²) in [5.74, 6) is -0.510. The standard InChI is InChI=1S/C35H38FN3O5S/c1-4-26(2)37-35(41)33(23-27-13-7-5-8-14-27)38(24-28-15-11-12-18-32(28)36)34(40)25-39(45(3,42)43)29-19-21-31(22-20-29)44-30-16-9-6-10-17-30/h5-22,26,33H,4,23-25H2,1-3H3,(H,37,41)/t26-,33+/m1/s1. The molecule has 0 saturated heterocycles. The third-order valence-electron chi connectivity index (χ3n) is 7.35. The first-order valence-corrected chi connectivity index (χ1v) is 16.6. The van der Waals surface area contributed by atoms with Gasteiger partial charge in [0, 0.05) is 24.6 Å². The van der Waals surface area contributed by atoms with Crippen molar-refractivity contribution < 1.29 is 27.1 Å². The van der Waals surface area contributed by atoms with Crippen molar-refractivity contribution in [2.45, 2.75) is 45.3 Å². The first-order valence-electron chi connectivity index (χ1n) is 14.7.